The van der Waals surface area contributed by atoms with Crippen molar-refractivity contribution < 1.29 is 13.2 Å². The third kappa shape index (κ3) is 4.72. The number of aryl methyl sites for hydroxylation is 2. The van der Waals surface area contributed by atoms with E-state index in [1.54, 1.807) is 24.9 Å². The van der Waals surface area contributed by atoms with Gasteiger partial charge in [0, 0.05) is 61.1 Å². The largest absolute Gasteiger partial charge is 0.497 e. The van der Waals surface area contributed by atoms with E-state index in [1.807, 2.05) is 43.3 Å². The predicted molar refractivity (Wildman–Crippen MR) is 119 cm³/mol. The lowest BCUT2D eigenvalue weighted by molar-refractivity contribution is 0.312. The number of hydrogen-bond donors (Lipinski definition) is 1. The van der Waals surface area contributed by atoms with Crippen molar-refractivity contribution >= 4 is 21.4 Å². The molecular formula is C22H27N5O3S. The highest BCUT2D eigenvalue weighted by atomic mass is 32.2. The highest BCUT2D eigenvalue weighted by Crippen LogP contribution is 2.31. The molecule has 0 aliphatic carbocycles. The van der Waals surface area contributed by atoms with Gasteiger partial charge in [0.15, 0.2) is 5.03 Å². The Morgan fingerprint density at radius 1 is 1.19 bits per heavy atom. The number of imidazole rings is 1. The lowest BCUT2D eigenvalue weighted by Crippen LogP contribution is -2.39. The Bertz CT molecular complexity index is 1180. The molecule has 0 amide bonds. The van der Waals surface area contributed by atoms with Crippen LogP contribution in [0.15, 0.2) is 53.9 Å². The predicted octanol–water partition coefficient (Wildman–Crippen LogP) is 3.44. The van der Waals surface area contributed by atoms with Crippen LogP contribution in [0.25, 0.3) is 0 Å². The van der Waals surface area contributed by atoms with Gasteiger partial charge in [-0.1, -0.05) is 6.07 Å². The second-order valence-corrected chi connectivity index (χ2v) is 9.74. The van der Waals surface area contributed by atoms with Gasteiger partial charge >= 0.3 is 0 Å². The Labute approximate surface area is 183 Å². The fourth-order valence-electron chi connectivity index (χ4n) is 3.90. The van der Waals surface area contributed by atoms with Crippen molar-refractivity contribution in [3.8, 4) is 5.75 Å². The molecule has 0 unspecified atom stereocenters. The van der Waals surface area contributed by atoms with Gasteiger partial charge in [-0.05, 0) is 44.0 Å². The van der Waals surface area contributed by atoms with E-state index in [2.05, 4.69) is 10.3 Å². The molecule has 9 heteroatoms. The molecule has 0 spiro atoms. The molecule has 1 aliphatic heterocycles. The van der Waals surface area contributed by atoms with Crippen LogP contribution < -0.4 is 10.1 Å². The summed E-state index contributed by atoms with van der Waals surface area (Å²) in [6, 6.07) is 11.7. The normalized spacial score (nSPS) is 17.5. The summed E-state index contributed by atoms with van der Waals surface area (Å²) in [6.45, 7) is 2.84. The van der Waals surface area contributed by atoms with E-state index in [9.17, 15) is 8.42 Å². The average molecular weight is 442 g/mol. The van der Waals surface area contributed by atoms with Crippen LogP contribution in [0, 0.1) is 6.92 Å². The minimum absolute atomic E-state index is 0.0259. The zero-order valence-electron chi connectivity index (χ0n) is 17.9. The maximum Gasteiger partial charge on any atom is 0.262 e. The fraction of sp³-hybridized carbons (Fsp3) is 0.364. The number of rotatable bonds is 6. The molecule has 3 heterocycles. The highest BCUT2D eigenvalue weighted by Gasteiger charge is 2.33. The molecule has 1 atom stereocenters. The molecule has 2 aromatic heterocycles. The van der Waals surface area contributed by atoms with Crippen molar-refractivity contribution in [3.05, 3.63) is 60.3 Å². The first kappa shape index (κ1) is 21.3. The first-order valence-electron chi connectivity index (χ1n) is 10.2. The van der Waals surface area contributed by atoms with Crippen molar-refractivity contribution in [3.63, 3.8) is 0 Å². The first-order valence-corrected chi connectivity index (χ1v) is 11.7. The Balaban J connectivity index is 1.56. The van der Waals surface area contributed by atoms with Crippen molar-refractivity contribution in [2.45, 2.75) is 30.7 Å². The molecule has 1 saturated heterocycles. The molecule has 0 bridgehead atoms. The SMILES string of the molecule is COc1cccc(Nc2cc(C)nc([C@H]3CCCN(S(=O)(=O)c4cn(C)cn4)C3)c2)c1. The number of nitrogens with zero attached hydrogens (tertiary/aromatic N) is 4. The van der Waals surface area contributed by atoms with Crippen LogP contribution in [-0.2, 0) is 17.1 Å². The number of benzene rings is 1. The van der Waals surface area contributed by atoms with Gasteiger partial charge in [-0.2, -0.15) is 4.31 Å². The van der Waals surface area contributed by atoms with E-state index in [0.717, 1.165) is 41.4 Å². The highest BCUT2D eigenvalue weighted by molar-refractivity contribution is 7.89. The zero-order chi connectivity index (χ0) is 22.0. The smallest absolute Gasteiger partial charge is 0.262 e. The minimum Gasteiger partial charge on any atom is -0.497 e. The van der Waals surface area contributed by atoms with E-state index in [-0.39, 0.29) is 10.9 Å². The van der Waals surface area contributed by atoms with E-state index in [0.29, 0.717) is 13.1 Å². The molecular weight excluding hydrogens is 414 g/mol. The maximum absolute atomic E-state index is 13.0. The lowest BCUT2D eigenvalue weighted by atomic mass is 9.95. The molecule has 1 N–H and O–H groups in total. The molecule has 3 aromatic rings. The topological polar surface area (TPSA) is 89.4 Å². The van der Waals surface area contributed by atoms with Gasteiger partial charge in [-0.15, -0.1) is 0 Å². The molecule has 31 heavy (non-hydrogen) atoms. The number of sulfonamides is 1. The number of ether oxygens (including phenoxy) is 1. The lowest BCUT2D eigenvalue weighted by Gasteiger charge is -2.31. The second kappa shape index (κ2) is 8.68. The van der Waals surface area contributed by atoms with E-state index in [4.69, 9.17) is 9.72 Å². The van der Waals surface area contributed by atoms with Crippen LogP contribution in [0.2, 0.25) is 0 Å². The Kier molecular flexibility index (Phi) is 5.97. The van der Waals surface area contributed by atoms with Crippen molar-refractivity contribution in [1.82, 2.24) is 18.8 Å². The van der Waals surface area contributed by atoms with Gasteiger partial charge in [0.25, 0.3) is 10.0 Å². The van der Waals surface area contributed by atoms with Gasteiger partial charge in [0.2, 0.25) is 0 Å². The zero-order valence-corrected chi connectivity index (χ0v) is 18.8. The van der Waals surface area contributed by atoms with Crippen LogP contribution in [0.5, 0.6) is 5.75 Å². The van der Waals surface area contributed by atoms with Crippen LogP contribution in [0.3, 0.4) is 0 Å². The van der Waals surface area contributed by atoms with Gasteiger partial charge in [0.05, 0.1) is 13.4 Å². The molecule has 4 rings (SSSR count). The van der Waals surface area contributed by atoms with Crippen molar-refractivity contribution in [2.75, 3.05) is 25.5 Å². The van der Waals surface area contributed by atoms with Gasteiger partial charge < -0.3 is 14.6 Å². The molecule has 1 aliphatic rings. The number of hydrogen-bond acceptors (Lipinski definition) is 6. The molecule has 0 saturated carbocycles. The van der Waals surface area contributed by atoms with E-state index in [1.165, 1.54) is 10.6 Å². The summed E-state index contributed by atoms with van der Waals surface area (Å²) < 4.78 is 34.5. The summed E-state index contributed by atoms with van der Waals surface area (Å²) in [5, 5.41) is 3.50. The number of anilines is 2. The van der Waals surface area contributed by atoms with Crippen LogP contribution in [0.1, 0.15) is 30.1 Å². The van der Waals surface area contributed by atoms with Gasteiger partial charge in [-0.3, -0.25) is 4.98 Å². The number of aromatic nitrogens is 3. The summed E-state index contributed by atoms with van der Waals surface area (Å²) in [7, 11) is -0.212. The first-order chi connectivity index (χ1) is 14.8. The standard InChI is InChI=1S/C22H27N5O3S/c1-16-10-19(25-18-7-4-8-20(11-18)30-3)12-21(24-16)17-6-5-9-27(13-17)31(28,29)22-14-26(2)15-23-22/h4,7-8,10-12,14-15,17H,5-6,9,13H2,1-3H3,(H,24,25)/t17-/m0/s1. The third-order valence-corrected chi connectivity index (χ3v) is 7.17. The Morgan fingerprint density at radius 3 is 2.77 bits per heavy atom. The molecule has 0 radical (unpaired) electrons. The average Bonchev–Trinajstić information content (AvgIpc) is 3.21. The van der Waals surface area contributed by atoms with Gasteiger partial charge in [-0.25, -0.2) is 13.4 Å². The van der Waals surface area contributed by atoms with Crippen molar-refractivity contribution in [2.24, 2.45) is 7.05 Å². The van der Waals surface area contributed by atoms with E-state index >= 15 is 0 Å². The summed E-state index contributed by atoms with van der Waals surface area (Å²) in [5.74, 6) is 0.802. The summed E-state index contributed by atoms with van der Waals surface area (Å²) >= 11 is 0. The molecule has 8 nitrogen and oxygen atoms in total. The number of pyridine rings is 1. The maximum atomic E-state index is 13.0. The monoisotopic (exact) mass is 441 g/mol. The summed E-state index contributed by atoms with van der Waals surface area (Å²) in [4.78, 5) is 8.77. The second-order valence-electron chi connectivity index (χ2n) is 7.86. The van der Waals surface area contributed by atoms with Crippen LogP contribution in [-0.4, -0.2) is 47.5 Å². The quantitative estimate of drug-likeness (QED) is 0.630. The van der Waals surface area contributed by atoms with Crippen molar-refractivity contribution in [1.29, 1.82) is 0 Å². The third-order valence-electron chi connectivity index (χ3n) is 5.42. The van der Waals surface area contributed by atoms with Crippen LogP contribution in [0.4, 0.5) is 11.4 Å². The summed E-state index contributed by atoms with van der Waals surface area (Å²) in [5.41, 5.74) is 3.61. The molecule has 1 aromatic carbocycles. The number of nitrogens with one attached hydrogen (secondary N) is 1. The number of methoxy groups -OCH3 is 1. The fourth-order valence-corrected chi connectivity index (χ4v) is 5.39. The molecule has 1 fully saturated rings. The Hall–Kier alpha value is -2.91. The Morgan fingerprint density at radius 2 is 2.03 bits per heavy atom. The van der Waals surface area contributed by atoms with E-state index < -0.39 is 10.0 Å². The summed E-state index contributed by atoms with van der Waals surface area (Å²) in [6.07, 6.45) is 4.72. The number of piperidine rings is 1. The van der Waals surface area contributed by atoms with Crippen LogP contribution >= 0.6 is 0 Å². The molecule has 164 valence electrons. The van der Waals surface area contributed by atoms with Gasteiger partial charge in [0.1, 0.15) is 5.75 Å². The minimum atomic E-state index is -3.61.